The average Bonchev–Trinajstić information content (AvgIpc) is 2.45. The van der Waals surface area contributed by atoms with Crippen molar-refractivity contribution in [2.24, 2.45) is 5.73 Å². The lowest BCUT2D eigenvalue weighted by Gasteiger charge is -2.26. The zero-order valence-corrected chi connectivity index (χ0v) is 13.5. The van der Waals surface area contributed by atoms with Gasteiger partial charge < -0.3 is 20.1 Å². The number of carbonyl (C=O) groups excluding carboxylic acids is 1. The summed E-state index contributed by atoms with van der Waals surface area (Å²) in [6.07, 6.45) is 0. The first-order chi connectivity index (χ1) is 9.95. The smallest absolute Gasteiger partial charge is 0.260 e. The monoisotopic (exact) mass is 310 g/mol. The largest absolute Gasteiger partial charge is 0.484 e. The molecular formula is C15H22N2O3S. The standard InChI is InChI=1S/C15H22N2O3S/c1-11(2)17(8-9-19-3)14(18)10-20-13-6-4-12(5-7-13)15(16)21/h4-7,11H,8-10H2,1-3H3,(H2,16,21). The summed E-state index contributed by atoms with van der Waals surface area (Å²) in [5.41, 5.74) is 6.29. The summed E-state index contributed by atoms with van der Waals surface area (Å²) >= 11 is 4.88. The molecule has 0 heterocycles. The molecule has 1 aromatic carbocycles. The van der Waals surface area contributed by atoms with E-state index in [1.807, 2.05) is 13.8 Å². The molecule has 0 aromatic heterocycles. The number of hydrogen-bond acceptors (Lipinski definition) is 4. The lowest BCUT2D eigenvalue weighted by atomic mass is 10.2. The number of carbonyl (C=O) groups is 1. The molecule has 0 saturated heterocycles. The summed E-state index contributed by atoms with van der Waals surface area (Å²) in [4.78, 5) is 14.2. The SMILES string of the molecule is COCCN(C(=O)COc1ccc(C(N)=S)cc1)C(C)C. The molecule has 21 heavy (non-hydrogen) atoms. The highest BCUT2D eigenvalue weighted by atomic mass is 32.1. The zero-order valence-electron chi connectivity index (χ0n) is 12.7. The molecule has 0 aliphatic heterocycles. The quantitative estimate of drug-likeness (QED) is 0.739. The molecule has 5 nitrogen and oxygen atoms in total. The number of hydrogen-bond donors (Lipinski definition) is 1. The molecule has 0 fully saturated rings. The average molecular weight is 310 g/mol. The third kappa shape index (κ3) is 5.69. The Labute approximate surface area is 131 Å². The van der Waals surface area contributed by atoms with E-state index in [1.165, 1.54) is 0 Å². The van der Waals surface area contributed by atoms with Crippen LogP contribution in [0.25, 0.3) is 0 Å². The van der Waals surface area contributed by atoms with Gasteiger partial charge in [0.2, 0.25) is 0 Å². The molecule has 0 bridgehead atoms. The third-order valence-corrected chi connectivity index (χ3v) is 3.22. The fourth-order valence-corrected chi connectivity index (χ4v) is 1.94. The zero-order chi connectivity index (χ0) is 15.8. The van der Waals surface area contributed by atoms with Crippen LogP contribution in [0.3, 0.4) is 0 Å². The summed E-state index contributed by atoms with van der Waals surface area (Å²) in [6.45, 7) is 4.98. The van der Waals surface area contributed by atoms with Gasteiger partial charge in [-0.3, -0.25) is 4.79 Å². The number of benzene rings is 1. The minimum absolute atomic E-state index is 0.00564. The maximum atomic E-state index is 12.1. The molecule has 116 valence electrons. The second-order valence-electron chi connectivity index (χ2n) is 4.85. The highest BCUT2D eigenvalue weighted by molar-refractivity contribution is 7.80. The van der Waals surface area contributed by atoms with Crippen LogP contribution in [0.15, 0.2) is 24.3 Å². The van der Waals surface area contributed by atoms with Crippen molar-refractivity contribution in [3.05, 3.63) is 29.8 Å². The summed E-state index contributed by atoms with van der Waals surface area (Å²) < 4.78 is 10.5. The van der Waals surface area contributed by atoms with E-state index < -0.39 is 0 Å². The van der Waals surface area contributed by atoms with Gasteiger partial charge >= 0.3 is 0 Å². The van der Waals surface area contributed by atoms with Crippen molar-refractivity contribution in [3.63, 3.8) is 0 Å². The fraction of sp³-hybridized carbons (Fsp3) is 0.467. The molecule has 1 rings (SSSR count). The van der Waals surface area contributed by atoms with Gasteiger partial charge in [-0.15, -0.1) is 0 Å². The highest BCUT2D eigenvalue weighted by Crippen LogP contribution is 2.12. The Morgan fingerprint density at radius 1 is 1.33 bits per heavy atom. The molecule has 6 heteroatoms. The molecule has 0 aliphatic rings. The molecule has 0 radical (unpaired) electrons. The Balaban J connectivity index is 2.55. The Hall–Kier alpha value is -1.66. The van der Waals surface area contributed by atoms with Crippen molar-refractivity contribution >= 4 is 23.1 Å². The molecule has 2 N–H and O–H groups in total. The Morgan fingerprint density at radius 2 is 1.95 bits per heavy atom. The van der Waals surface area contributed by atoms with Crippen LogP contribution in [0.5, 0.6) is 5.75 Å². The van der Waals surface area contributed by atoms with Gasteiger partial charge in [-0.2, -0.15) is 0 Å². The first kappa shape index (κ1) is 17.4. The van der Waals surface area contributed by atoms with Gasteiger partial charge in [-0.05, 0) is 38.1 Å². The van der Waals surface area contributed by atoms with Crippen LogP contribution in [-0.4, -0.2) is 48.7 Å². The topological polar surface area (TPSA) is 64.8 Å². The predicted molar refractivity (Wildman–Crippen MR) is 86.5 cm³/mol. The van der Waals surface area contributed by atoms with E-state index in [-0.39, 0.29) is 18.6 Å². The van der Waals surface area contributed by atoms with Crippen molar-refractivity contribution in [3.8, 4) is 5.75 Å². The molecule has 0 aliphatic carbocycles. The van der Waals surface area contributed by atoms with Gasteiger partial charge in [0, 0.05) is 25.3 Å². The van der Waals surface area contributed by atoms with Crippen LogP contribution in [0.1, 0.15) is 19.4 Å². The number of rotatable bonds is 8. The molecule has 0 atom stereocenters. The van der Waals surface area contributed by atoms with Gasteiger partial charge in [-0.1, -0.05) is 12.2 Å². The number of methoxy groups -OCH3 is 1. The highest BCUT2D eigenvalue weighted by Gasteiger charge is 2.17. The van der Waals surface area contributed by atoms with Crippen LogP contribution in [0.2, 0.25) is 0 Å². The third-order valence-electron chi connectivity index (χ3n) is 2.98. The Morgan fingerprint density at radius 3 is 2.43 bits per heavy atom. The van der Waals surface area contributed by atoms with Crippen LogP contribution in [0, 0.1) is 0 Å². The van der Waals surface area contributed by atoms with Crippen molar-refractivity contribution in [1.29, 1.82) is 0 Å². The van der Waals surface area contributed by atoms with Crippen LogP contribution in [-0.2, 0) is 9.53 Å². The maximum absolute atomic E-state index is 12.1. The summed E-state index contributed by atoms with van der Waals surface area (Å²) in [7, 11) is 1.61. The van der Waals surface area contributed by atoms with E-state index in [1.54, 1.807) is 36.3 Å². The number of thiocarbonyl (C=S) groups is 1. The summed E-state index contributed by atoms with van der Waals surface area (Å²) in [5, 5.41) is 0. The van der Waals surface area contributed by atoms with Crippen molar-refractivity contribution in [1.82, 2.24) is 4.90 Å². The summed E-state index contributed by atoms with van der Waals surface area (Å²) in [6, 6.07) is 7.14. The minimum Gasteiger partial charge on any atom is -0.484 e. The van der Waals surface area contributed by atoms with Crippen LogP contribution < -0.4 is 10.5 Å². The van der Waals surface area contributed by atoms with Crippen molar-refractivity contribution in [2.75, 3.05) is 26.9 Å². The predicted octanol–water partition coefficient (Wildman–Crippen LogP) is 1.58. The van der Waals surface area contributed by atoms with E-state index in [0.717, 1.165) is 5.56 Å². The summed E-state index contributed by atoms with van der Waals surface area (Å²) in [5.74, 6) is 0.541. The Kier molecular flexibility index (Phi) is 7.11. The van der Waals surface area contributed by atoms with Crippen LogP contribution in [0.4, 0.5) is 0 Å². The van der Waals surface area contributed by atoms with Gasteiger partial charge in [-0.25, -0.2) is 0 Å². The normalized spacial score (nSPS) is 10.5. The molecule has 0 spiro atoms. The van der Waals surface area contributed by atoms with Crippen LogP contribution >= 0.6 is 12.2 Å². The van der Waals surface area contributed by atoms with Gasteiger partial charge in [0.25, 0.3) is 5.91 Å². The number of ether oxygens (including phenoxy) is 2. The lowest BCUT2D eigenvalue weighted by molar-refractivity contribution is -0.135. The number of nitrogens with two attached hydrogens (primary N) is 1. The second-order valence-corrected chi connectivity index (χ2v) is 5.29. The number of nitrogens with zero attached hydrogens (tertiary/aromatic N) is 1. The molecule has 1 aromatic rings. The molecular weight excluding hydrogens is 288 g/mol. The van der Waals surface area contributed by atoms with Gasteiger partial charge in [0.05, 0.1) is 6.61 Å². The maximum Gasteiger partial charge on any atom is 0.260 e. The second kappa shape index (κ2) is 8.59. The first-order valence-electron chi connectivity index (χ1n) is 6.76. The van der Waals surface area contributed by atoms with E-state index in [0.29, 0.717) is 23.9 Å². The minimum atomic E-state index is -0.0690. The first-order valence-corrected chi connectivity index (χ1v) is 7.17. The van der Waals surface area contributed by atoms with Gasteiger partial charge in [0.15, 0.2) is 6.61 Å². The van der Waals surface area contributed by atoms with Gasteiger partial charge in [0.1, 0.15) is 10.7 Å². The fourth-order valence-electron chi connectivity index (χ4n) is 1.80. The van der Waals surface area contributed by atoms with Crippen molar-refractivity contribution in [2.45, 2.75) is 19.9 Å². The van der Waals surface area contributed by atoms with E-state index in [9.17, 15) is 4.79 Å². The molecule has 0 saturated carbocycles. The Bertz CT molecular complexity index is 474. The van der Waals surface area contributed by atoms with E-state index in [4.69, 9.17) is 27.4 Å². The molecule has 0 unspecified atom stereocenters. The molecule has 1 amide bonds. The number of amides is 1. The van der Waals surface area contributed by atoms with E-state index >= 15 is 0 Å². The van der Waals surface area contributed by atoms with Crippen molar-refractivity contribution < 1.29 is 14.3 Å². The van der Waals surface area contributed by atoms with E-state index in [2.05, 4.69) is 0 Å². The lowest BCUT2D eigenvalue weighted by Crippen LogP contribution is -2.41.